The zero-order valence-electron chi connectivity index (χ0n) is 11.4. The monoisotopic (exact) mass is 302 g/mol. The predicted octanol–water partition coefficient (Wildman–Crippen LogP) is 1.74. The molecule has 0 bridgehead atoms. The Morgan fingerprint density at radius 2 is 2.10 bits per heavy atom. The van der Waals surface area contributed by atoms with Crippen LogP contribution in [0, 0.1) is 6.92 Å². The molecule has 1 atom stereocenters. The van der Waals surface area contributed by atoms with E-state index in [1.54, 1.807) is 0 Å². The van der Waals surface area contributed by atoms with Crippen molar-refractivity contribution >= 4 is 39.1 Å². The minimum atomic E-state index is -0.639. The topological polar surface area (TPSA) is 75.3 Å². The quantitative estimate of drug-likeness (QED) is 0.830. The van der Waals surface area contributed by atoms with Gasteiger partial charge in [-0.2, -0.15) is 0 Å². The fourth-order valence-corrected chi connectivity index (χ4v) is 3.56. The van der Waals surface area contributed by atoms with Gasteiger partial charge in [-0.25, -0.2) is 0 Å². The molecule has 2 N–H and O–H groups in total. The minimum absolute atomic E-state index is 0.252. The van der Waals surface area contributed by atoms with Gasteiger partial charge in [0.05, 0.1) is 4.88 Å². The van der Waals surface area contributed by atoms with Gasteiger partial charge in [-0.05, 0) is 30.4 Å². The van der Waals surface area contributed by atoms with Crippen molar-refractivity contribution in [2.75, 3.05) is 0 Å². The Morgan fingerprint density at radius 1 is 1.33 bits per heavy atom. The lowest BCUT2D eigenvalue weighted by Crippen LogP contribution is -2.52. The number of carbonyl (C=O) groups is 3. The highest BCUT2D eigenvalue weighted by molar-refractivity contribution is 7.21. The minimum Gasteiger partial charge on any atom is -0.340 e. The van der Waals surface area contributed by atoms with Gasteiger partial charge in [-0.3, -0.25) is 19.7 Å². The largest absolute Gasteiger partial charge is 0.340 e. The molecule has 2 aromatic rings. The van der Waals surface area contributed by atoms with Crippen molar-refractivity contribution in [3.63, 3.8) is 0 Å². The van der Waals surface area contributed by atoms with Crippen LogP contribution in [0.4, 0.5) is 0 Å². The second-order valence-electron chi connectivity index (χ2n) is 5.03. The maximum atomic E-state index is 12.4. The first-order chi connectivity index (χ1) is 10.1. The van der Waals surface area contributed by atoms with Crippen LogP contribution in [0.15, 0.2) is 24.3 Å². The van der Waals surface area contributed by atoms with Crippen LogP contribution in [0.2, 0.25) is 0 Å². The Hall–Kier alpha value is -2.21. The molecular weight excluding hydrogens is 288 g/mol. The highest BCUT2D eigenvalue weighted by Gasteiger charge is 2.29. The summed E-state index contributed by atoms with van der Waals surface area (Å²) in [6, 6.07) is 7.17. The van der Waals surface area contributed by atoms with Crippen LogP contribution in [-0.4, -0.2) is 23.8 Å². The molecular formula is C15H14N2O3S. The van der Waals surface area contributed by atoms with Gasteiger partial charge < -0.3 is 5.32 Å². The summed E-state index contributed by atoms with van der Waals surface area (Å²) < 4.78 is 1.04. The van der Waals surface area contributed by atoms with Gasteiger partial charge >= 0.3 is 0 Å². The molecule has 1 aliphatic rings. The molecule has 6 heteroatoms. The molecule has 1 saturated heterocycles. The Bertz CT molecular complexity index is 750. The maximum absolute atomic E-state index is 12.4. The van der Waals surface area contributed by atoms with Crippen molar-refractivity contribution in [2.24, 2.45) is 0 Å². The first-order valence-corrected chi connectivity index (χ1v) is 7.50. The number of hydrogen-bond acceptors (Lipinski definition) is 4. The lowest BCUT2D eigenvalue weighted by atomic mass is 10.1. The number of rotatable bonds is 2. The van der Waals surface area contributed by atoms with Gasteiger partial charge in [0.25, 0.3) is 5.91 Å². The van der Waals surface area contributed by atoms with E-state index in [1.807, 2.05) is 31.2 Å². The highest BCUT2D eigenvalue weighted by Crippen LogP contribution is 2.30. The maximum Gasteiger partial charge on any atom is 0.262 e. The lowest BCUT2D eigenvalue weighted by molar-refractivity contribution is -0.134. The number of benzene rings is 1. The molecule has 0 aliphatic carbocycles. The van der Waals surface area contributed by atoms with Gasteiger partial charge in [0.2, 0.25) is 11.8 Å². The number of piperidine rings is 1. The smallest absolute Gasteiger partial charge is 0.262 e. The third-order valence-electron chi connectivity index (χ3n) is 3.59. The van der Waals surface area contributed by atoms with E-state index in [0.717, 1.165) is 15.6 Å². The molecule has 3 amide bonds. The molecule has 1 unspecified atom stereocenters. The Kier molecular flexibility index (Phi) is 3.47. The van der Waals surface area contributed by atoms with E-state index in [0.29, 0.717) is 11.3 Å². The van der Waals surface area contributed by atoms with E-state index in [-0.39, 0.29) is 18.2 Å². The molecule has 1 aliphatic heterocycles. The van der Waals surface area contributed by atoms with Crippen LogP contribution < -0.4 is 10.6 Å². The normalized spacial score (nSPS) is 18.6. The van der Waals surface area contributed by atoms with Crippen LogP contribution in [0.25, 0.3) is 10.1 Å². The van der Waals surface area contributed by atoms with E-state index in [2.05, 4.69) is 10.6 Å². The SMILES string of the molecule is Cc1c(C(=O)NC2CCC(=O)NC2=O)sc2ccccc12. The van der Waals surface area contributed by atoms with E-state index in [9.17, 15) is 14.4 Å². The van der Waals surface area contributed by atoms with Crippen molar-refractivity contribution in [1.29, 1.82) is 0 Å². The van der Waals surface area contributed by atoms with Crippen molar-refractivity contribution < 1.29 is 14.4 Å². The number of thiophene rings is 1. The number of carbonyl (C=O) groups excluding carboxylic acids is 3. The molecule has 1 aromatic carbocycles. The van der Waals surface area contributed by atoms with E-state index >= 15 is 0 Å². The number of hydrogen-bond donors (Lipinski definition) is 2. The van der Waals surface area contributed by atoms with E-state index in [1.165, 1.54) is 11.3 Å². The number of nitrogens with one attached hydrogen (secondary N) is 2. The van der Waals surface area contributed by atoms with Gasteiger partial charge in [-0.15, -0.1) is 11.3 Å². The molecule has 0 spiro atoms. The van der Waals surface area contributed by atoms with Crippen molar-refractivity contribution in [3.05, 3.63) is 34.7 Å². The van der Waals surface area contributed by atoms with Gasteiger partial charge in [-0.1, -0.05) is 18.2 Å². The summed E-state index contributed by atoms with van der Waals surface area (Å²) in [5.41, 5.74) is 0.917. The lowest BCUT2D eigenvalue weighted by Gasteiger charge is -2.21. The Morgan fingerprint density at radius 3 is 2.81 bits per heavy atom. The molecule has 21 heavy (non-hydrogen) atoms. The summed E-state index contributed by atoms with van der Waals surface area (Å²) in [5, 5.41) is 6.00. The van der Waals surface area contributed by atoms with Crippen LogP contribution >= 0.6 is 11.3 Å². The fourth-order valence-electron chi connectivity index (χ4n) is 2.45. The van der Waals surface area contributed by atoms with Gasteiger partial charge in [0, 0.05) is 11.1 Å². The molecule has 5 nitrogen and oxygen atoms in total. The second kappa shape index (κ2) is 5.29. The summed E-state index contributed by atoms with van der Waals surface area (Å²) in [5.74, 6) is -0.981. The van der Waals surface area contributed by atoms with Crippen LogP contribution in [-0.2, 0) is 9.59 Å². The van der Waals surface area contributed by atoms with Gasteiger partial charge in [0.1, 0.15) is 6.04 Å². The summed E-state index contributed by atoms with van der Waals surface area (Å²) in [6.07, 6.45) is 0.600. The zero-order chi connectivity index (χ0) is 15.0. The Balaban J connectivity index is 1.82. The molecule has 0 saturated carbocycles. The summed E-state index contributed by atoms with van der Waals surface area (Å²) in [4.78, 5) is 35.8. The Labute approximate surface area is 125 Å². The summed E-state index contributed by atoms with van der Waals surface area (Å²) in [7, 11) is 0. The van der Waals surface area contributed by atoms with Crippen molar-refractivity contribution in [3.8, 4) is 0 Å². The highest BCUT2D eigenvalue weighted by atomic mass is 32.1. The molecule has 108 valence electrons. The molecule has 1 aromatic heterocycles. The molecule has 3 rings (SSSR count). The fraction of sp³-hybridized carbons (Fsp3) is 0.267. The summed E-state index contributed by atoms with van der Waals surface area (Å²) >= 11 is 1.41. The average Bonchev–Trinajstić information content (AvgIpc) is 2.80. The van der Waals surface area contributed by atoms with Crippen LogP contribution in [0.1, 0.15) is 28.1 Å². The number of aryl methyl sites for hydroxylation is 1. The first-order valence-electron chi connectivity index (χ1n) is 6.69. The van der Waals surface area contributed by atoms with Crippen molar-refractivity contribution in [2.45, 2.75) is 25.8 Å². The molecule has 0 radical (unpaired) electrons. The first kappa shape index (κ1) is 13.8. The van der Waals surface area contributed by atoms with Crippen LogP contribution in [0.3, 0.4) is 0 Å². The molecule has 1 fully saturated rings. The molecule has 2 heterocycles. The zero-order valence-corrected chi connectivity index (χ0v) is 12.3. The van der Waals surface area contributed by atoms with Gasteiger partial charge in [0.15, 0.2) is 0 Å². The third-order valence-corrected chi connectivity index (χ3v) is 4.87. The second-order valence-corrected chi connectivity index (χ2v) is 6.08. The number of fused-ring (bicyclic) bond motifs is 1. The van der Waals surface area contributed by atoms with Crippen LogP contribution in [0.5, 0.6) is 0 Å². The predicted molar refractivity (Wildman–Crippen MR) is 80.2 cm³/mol. The van der Waals surface area contributed by atoms with Crippen molar-refractivity contribution in [1.82, 2.24) is 10.6 Å². The standard InChI is InChI=1S/C15H14N2O3S/c1-8-9-4-2-3-5-11(9)21-13(8)15(20)16-10-6-7-12(18)17-14(10)19/h2-5,10H,6-7H2,1H3,(H,16,20)(H,17,18,19). The third kappa shape index (κ3) is 2.54. The number of amides is 3. The number of imide groups is 1. The summed E-state index contributed by atoms with van der Waals surface area (Å²) in [6.45, 7) is 1.90. The van der Waals surface area contributed by atoms with E-state index in [4.69, 9.17) is 0 Å². The average molecular weight is 302 g/mol. The van der Waals surface area contributed by atoms with E-state index < -0.39 is 11.9 Å².